The number of rotatable bonds is 4. The highest BCUT2D eigenvalue weighted by molar-refractivity contribution is 7.07. The van der Waals surface area contributed by atoms with E-state index in [9.17, 15) is 4.79 Å². The molecular formula is C20H25N3OS. The van der Waals surface area contributed by atoms with Crippen molar-refractivity contribution in [2.45, 2.75) is 39.3 Å². The topological polar surface area (TPSA) is 36.4 Å². The molecule has 132 valence electrons. The Morgan fingerprint density at radius 3 is 2.92 bits per heavy atom. The Balaban J connectivity index is 1.44. The zero-order valence-corrected chi connectivity index (χ0v) is 15.6. The number of amides is 1. The predicted octanol–water partition coefficient (Wildman–Crippen LogP) is 3.47. The van der Waals surface area contributed by atoms with Crippen LogP contribution in [-0.2, 0) is 17.9 Å². The first-order chi connectivity index (χ1) is 12.1. The van der Waals surface area contributed by atoms with Gasteiger partial charge in [0.1, 0.15) is 0 Å². The normalized spacial score (nSPS) is 24.4. The van der Waals surface area contributed by atoms with Crippen LogP contribution < -0.4 is 0 Å². The van der Waals surface area contributed by atoms with Crippen molar-refractivity contribution in [3.8, 4) is 0 Å². The Kier molecular flexibility index (Phi) is 4.61. The molecule has 0 aromatic carbocycles. The smallest absolute Gasteiger partial charge is 0.230 e. The second-order valence-electron chi connectivity index (χ2n) is 7.47. The monoisotopic (exact) mass is 355 g/mol. The van der Waals surface area contributed by atoms with E-state index in [-0.39, 0.29) is 5.41 Å². The van der Waals surface area contributed by atoms with Gasteiger partial charge in [-0.05, 0) is 67.3 Å². The number of nitrogens with zero attached hydrogens (tertiary/aromatic N) is 3. The van der Waals surface area contributed by atoms with Crippen molar-refractivity contribution in [1.82, 2.24) is 14.8 Å². The zero-order valence-electron chi connectivity index (χ0n) is 14.8. The van der Waals surface area contributed by atoms with Crippen molar-refractivity contribution < 1.29 is 4.79 Å². The highest BCUT2D eigenvalue weighted by Crippen LogP contribution is 2.41. The maximum Gasteiger partial charge on any atom is 0.230 e. The minimum absolute atomic E-state index is 0.169. The fraction of sp³-hybridized carbons (Fsp3) is 0.500. The first-order valence-electron chi connectivity index (χ1n) is 9.10. The number of piperidine rings is 1. The number of pyridine rings is 1. The van der Waals surface area contributed by atoms with Crippen LogP contribution >= 0.6 is 11.3 Å². The van der Waals surface area contributed by atoms with Crippen molar-refractivity contribution in [3.63, 3.8) is 0 Å². The molecule has 2 aliphatic heterocycles. The van der Waals surface area contributed by atoms with Gasteiger partial charge < -0.3 is 4.90 Å². The second-order valence-corrected chi connectivity index (χ2v) is 8.25. The Morgan fingerprint density at radius 2 is 2.12 bits per heavy atom. The fourth-order valence-corrected chi connectivity index (χ4v) is 4.97. The SMILES string of the molecule is Cc1cccc(CN2CC[C@@]3(CCCN(Cc4ccsc4)C3)C2=O)n1. The van der Waals surface area contributed by atoms with Gasteiger partial charge in [-0.1, -0.05) is 6.07 Å². The molecule has 0 unspecified atom stereocenters. The quantitative estimate of drug-likeness (QED) is 0.843. The molecule has 0 bridgehead atoms. The van der Waals surface area contributed by atoms with Gasteiger partial charge in [0.05, 0.1) is 17.7 Å². The van der Waals surface area contributed by atoms with Crippen LogP contribution in [0.3, 0.4) is 0 Å². The van der Waals surface area contributed by atoms with Crippen LogP contribution in [0.1, 0.15) is 36.2 Å². The maximum atomic E-state index is 13.2. The Bertz CT molecular complexity index is 745. The lowest BCUT2D eigenvalue weighted by Gasteiger charge is -2.39. The first-order valence-corrected chi connectivity index (χ1v) is 10.0. The molecule has 4 heterocycles. The van der Waals surface area contributed by atoms with Gasteiger partial charge >= 0.3 is 0 Å². The number of hydrogen-bond acceptors (Lipinski definition) is 4. The minimum atomic E-state index is -0.169. The summed E-state index contributed by atoms with van der Waals surface area (Å²) in [6.45, 7) is 6.48. The third-order valence-electron chi connectivity index (χ3n) is 5.54. The molecule has 2 fully saturated rings. The van der Waals surface area contributed by atoms with E-state index in [2.05, 4.69) is 26.7 Å². The number of thiophene rings is 1. The number of aromatic nitrogens is 1. The van der Waals surface area contributed by atoms with Crippen LogP contribution in [0.15, 0.2) is 35.0 Å². The molecule has 0 aliphatic carbocycles. The summed E-state index contributed by atoms with van der Waals surface area (Å²) in [7, 11) is 0. The van der Waals surface area contributed by atoms with Crippen molar-refractivity contribution in [2.24, 2.45) is 5.41 Å². The molecule has 1 amide bonds. The molecule has 1 atom stereocenters. The van der Waals surface area contributed by atoms with Gasteiger partial charge in [0.15, 0.2) is 0 Å². The standard InChI is InChI=1S/C20H25N3OS/c1-16-4-2-5-18(21-16)13-23-10-8-20(19(23)24)7-3-9-22(15-20)12-17-6-11-25-14-17/h2,4-6,11,14H,3,7-10,12-13,15H2,1H3/t20-/m1/s1. The number of aryl methyl sites for hydroxylation is 1. The van der Waals surface area contributed by atoms with E-state index < -0.39 is 0 Å². The molecule has 5 heteroatoms. The van der Waals surface area contributed by atoms with Crippen molar-refractivity contribution >= 4 is 17.2 Å². The molecule has 0 N–H and O–H groups in total. The molecule has 1 spiro atoms. The van der Waals surface area contributed by atoms with Gasteiger partial charge in [-0.25, -0.2) is 0 Å². The minimum Gasteiger partial charge on any atom is -0.336 e. The van der Waals surface area contributed by atoms with Crippen LogP contribution in [-0.4, -0.2) is 40.3 Å². The largest absolute Gasteiger partial charge is 0.336 e. The van der Waals surface area contributed by atoms with E-state index in [0.717, 1.165) is 56.8 Å². The summed E-state index contributed by atoms with van der Waals surface area (Å²) in [5.41, 5.74) is 3.21. The summed E-state index contributed by atoms with van der Waals surface area (Å²) in [4.78, 5) is 22.3. The summed E-state index contributed by atoms with van der Waals surface area (Å²) < 4.78 is 0. The van der Waals surface area contributed by atoms with Gasteiger partial charge in [0.2, 0.25) is 5.91 Å². The molecule has 2 aromatic heterocycles. The highest BCUT2D eigenvalue weighted by Gasteiger charge is 2.48. The molecule has 2 saturated heterocycles. The summed E-state index contributed by atoms with van der Waals surface area (Å²) in [5, 5.41) is 4.35. The molecule has 0 saturated carbocycles. The maximum absolute atomic E-state index is 13.2. The van der Waals surface area contributed by atoms with Crippen molar-refractivity contribution in [2.75, 3.05) is 19.6 Å². The highest BCUT2D eigenvalue weighted by atomic mass is 32.1. The Morgan fingerprint density at radius 1 is 1.20 bits per heavy atom. The summed E-state index contributed by atoms with van der Waals surface area (Å²) in [6, 6.07) is 8.24. The van der Waals surface area contributed by atoms with Crippen molar-refractivity contribution in [3.05, 3.63) is 52.0 Å². The van der Waals surface area contributed by atoms with E-state index >= 15 is 0 Å². The number of carbonyl (C=O) groups excluding carboxylic acids is 1. The number of likely N-dealkylation sites (tertiary alicyclic amines) is 2. The molecule has 4 nitrogen and oxygen atoms in total. The first kappa shape index (κ1) is 16.7. The molecule has 0 radical (unpaired) electrons. The average Bonchev–Trinajstić information content (AvgIpc) is 3.20. The Labute approximate surface area is 153 Å². The van der Waals surface area contributed by atoms with E-state index in [1.54, 1.807) is 11.3 Å². The third-order valence-corrected chi connectivity index (χ3v) is 6.27. The van der Waals surface area contributed by atoms with Gasteiger partial charge in [-0.2, -0.15) is 11.3 Å². The van der Waals surface area contributed by atoms with Crippen LogP contribution in [0.4, 0.5) is 0 Å². The lowest BCUT2D eigenvalue weighted by Crippen LogP contribution is -2.47. The zero-order chi connectivity index (χ0) is 17.3. The van der Waals surface area contributed by atoms with E-state index in [1.165, 1.54) is 5.56 Å². The Hall–Kier alpha value is -1.72. The van der Waals surface area contributed by atoms with Crippen LogP contribution in [0.5, 0.6) is 0 Å². The van der Waals surface area contributed by atoms with E-state index in [1.807, 2.05) is 30.0 Å². The van der Waals surface area contributed by atoms with E-state index in [0.29, 0.717) is 12.5 Å². The third kappa shape index (κ3) is 3.48. The molecule has 2 aliphatic rings. The lowest BCUT2D eigenvalue weighted by atomic mass is 9.78. The van der Waals surface area contributed by atoms with Crippen molar-refractivity contribution in [1.29, 1.82) is 0 Å². The summed E-state index contributed by atoms with van der Waals surface area (Å²) in [5.74, 6) is 0.339. The average molecular weight is 356 g/mol. The lowest BCUT2D eigenvalue weighted by molar-refractivity contribution is -0.139. The van der Waals surface area contributed by atoms with Gasteiger partial charge in [-0.15, -0.1) is 0 Å². The second kappa shape index (κ2) is 6.89. The molecule has 4 rings (SSSR count). The van der Waals surface area contributed by atoms with Crippen LogP contribution in [0.2, 0.25) is 0 Å². The van der Waals surface area contributed by atoms with Gasteiger partial charge in [-0.3, -0.25) is 14.7 Å². The van der Waals surface area contributed by atoms with E-state index in [4.69, 9.17) is 0 Å². The van der Waals surface area contributed by atoms with Gasteiger partial charge in [0.25, 0.3) is 0 Å². The van der Waals surface area contributed by atoms with Gasteiger partial charge in [0, 0.05) is 25.3 Å². The number of hydrogen-bond donors (Lipinski definition) is 0. The molecule has 25 heavy (non-hydrogen) atoms. The predicted molar refractivity (Wildman–Crippen MR) is 100 cm³/mol. The number of carbonyl (C=O) groups is 1. The summed E-state index contributed by atoms with van der Waals surface area (Å²) >= 11 is 1.75. The molecule has 2 aromatic rings. The van der Waals surface area contributed by atoms with Crippen LogP contribution in [0, 0.1) is 12.3 Å². The van der Waals surface area contributed by atoms with Crippen LogP contribution in [0.25, 0.3) is 0 Å². The fourth-order valence-electron chi connectivity index (χ4n) is 4.31. The summed E-state index contributed by atoms with van der Waals surface area (Å²) in [6.07, 6.45) is 3.13. The molecular weight excluding hydrogens is 330 g/mol.